The highest BCUT2D eigenvalue weighted by molar-refractivity contribution is 7.11. The Kier molecular flexibility index (Phi) is 3.26. The first kappa shape index (κ1) is 12.2. The van der Waals surface area contributed by atoms with Crippen molar-refractivity contribution in [3.8, 4) is 0 Å². The molecule has 0 spiro atoms. The minimum absolute atomic E-state index is 0.232. The highest BCUT2D eigenvalue weighted by atomic mass is 32.1. The number of halogens is 1. The number of hydrogen-bond donors (Lipinski definition) is 1. The Morgan fingerprint density at radius 1 is 1.29 bits per heavy atom. The summed E-state index contributed by atoms with van der Waals surface area (Å²) in [7, 11) is 0. The van der Waals surface area contributed by atoms with E-state index in [-0.39, 0.29) is 11.9 Å². The molecule has 17 heavy (non-hydrogen) atoms. The van der Waals surface area contributed by atoms with Crippen molar-refractivity contribution in [1.82, 2.24) is 4.98 Å². The van der Waals surface area contributed by atoms with E-state index in [1.54, 1.807) is 17.4 Å². The third-order valence-electron chi connectivity index (χ3n) is 2.88. The number of nitrogens with two attached hydrogens (primary N) is 1. The molecule has 1 heterocycles. The van der Waals surface area contributed by atoms with Gasteiger partial charge in [-0.2, -0.15) is 0 Å². The molecule has 0 saturated heterocycles. The van der Waals surface area contributed by atoms with E-state index in [2.05, 4.69) is 4.98 Å². The highest BCUT2D eigenvalue weighted by Crippen LogP contribution is 2.28. The average molecular weight is 250 g/mol. The fourth-order valence-electron chi connectivity index (χ4n) is 1.75. The Hall–Kier alpha value is -1.26. The van der Waals surface area contributed by atoms with Gasteiger partial charge in [0.25, 0.3) is 0 Å². The quantitative estimate of drug-likeness (QED) is 0.888. The van der Waals surface area contributed by atoms with Crippen LogP contribution >= 0.6 is 11.3 Å². The third-order valence-corrected chi connectivity index (χ3v) is 4.03. The van der Waals surface area contributed by atoms with Crippen molar-refractivity contribution in [3.63, 3.8) is 0 Å². The molecular weight excluding hydrogens is 235 g/mol. The van der Waals surface area contributed by atoms with Crippen LogP contribution in [0.3, 0.4) is 0 Å². The first-order chi connectivity index (χ1) is 7.99. The predicted molar refractivity (Wildman–Crippen MR) is 68.8 cm³/mol. The molecule has 0 aliphatic carbocycles. The zero-order valence-electron chi connectivity index (χ0n) is 10.1. The molecule has 1 unspecified atom stereocenters. The lowest BCUT2D eigenvalue weighted by molar-refractivity contribution is 0.624. The van der Waals surface area contributed by atoms with Crippen molar-refractivity contribution in [2.24, 2.45) is 5.73 Å². The van der Waals surface area contributed by atoms with Crippen molar-refractivity contribution >= 4 is 11.3 Å². The Bertz CT molecular complexity index is 529. The maximum Gasteiger partial charge on any atom is 0.123 e. The lowest BCUT2D eigenvalue weighted by Crippen LogP contribution is -2.13. The largest absolute Gasteiger partial charge is 0.318 e. The number of rotatable bonds is 2. The molecule has 0 aliphatic rings. The fraction of sp³-hybridized carbons (Fsp3) is 0.308. The molecule has 2 nitrogen and oxygen atoms in total. The summed E-state index contributed by atoms with van der Waals surface area (Å²) in [4.78, 5) is 5.63. The molecule has 1 aromatic carbocycles. The zero-order chi connectivity index (χ0) is 12.6. The van der Waals surface area contributed by atoms with Crippen molar-refractivity contribution in [2.75, 3.05) is 0 Å². The van der Waals surface area contributed by atoms with Crippen LogP contribution in [0, 0.1) is 26.6 Å². The Labute approximate surface area is 104 Å². The molecule has 0 aliphatic heterocycles. The molecule has 0 saturated carbocycles. The summed E-state index contributed by atoms with van der Waals surface area (Å²) >= 11 is 1.60. The van der Waals surface area contributed by atoms with Crippen LogP contribution in [0.15, 0.2) is 18.2 Å². The van der Waals surface area contributed by atoms with Gasteiger partial charge in [-0.15, -0.1) is 11.3 Å². The second-order valence-electron chi connectivity index (χ2n) is 4.17. The molecule has 90 valence electrons. The molecule has 0 bridgehead atoms. The first-order valence-electron chi connectivity index (χ1n) is 5.44. The molecule has 0 amide bonds. The minimum atomic E-state index is -0.270. The summed E-state index contributed by atoms with van der Waals surface area (Å²) in [5.74, 6) is -0.232. The predicted octanol–water partition coefficient (Wildman–Crippen LogP) is 3.26. The zero-order valence-corrected chi connectivity index (χ0v) is 10.9. The third kappa shape index (κ3) is 2.37. The van der Waals surface area contributed by atoms with Gasteiger partial charge in [-0.05, 0) is 44.0 Å². The van der Waals surface area contributed by atoms with Gasteiger partial charge in [-0.25, -0.2) is 9.37 Å². The van der Waals surface area contributed by atoms with E-state index < -0.39 is 0 Å². The van der Waals surface area contributed by atoms with Crippen molar-refractivity contribution in [2.45, 2.75) is 26.8 Å². The van der Waals surface area contributed by atoms with Crippen LogP contribution in [0.2, 0.25) is 0 Å². The number of hydrogen-bond acceptors (Lipinski definition) is 3. The van der Waals surface area contributed by atoms with Gasteiger partial charge in [0.15, 0.2) is 0 Å². The first-order valence-corrected chi connectivity index (χ1v) is 6.26. The summed E-state index contributed by atoms with van der Waals surface area (Å²) in [6, 6.07) is 4.41. The lowest BCUT2D eigenvalue weighted by atomic mass is 10.0. The topological polar surface area (TPSA) is 38.9 Å². The second kappa shape index (κ2) is 4.55. The van der Waals surface area contributed by atoms with Crippen LogP contribution < -0.4 is 5.73 Å². The van der Waals surface area contributed by atoms with Crippen LogP contribution in [0.4, 0.5) is 4.39 Å². The fourth-order valence-corrected chi connectivity index (χ4v) is 2.70. The van der Waals surface area contributed by atoms with E-state index >= 15 is 0 Å². The standard InChI is InChI=1S/C13H15FN2S/c1-7-6-10(14)4-5-11(7)12(15)13-16-8(2)9(3)17-13/h4-6,12H,15H2,1-3H3. The van der Waals surface area contributed by atoms with Gasteiger partial charge in [-0.1, -0.05) is 6.07 Å². The number of nitrogens with zero attached hydrogens (tertiary/aromatic N) is 1. The number of aryl methyl sites for hydroxylation is 3. The van der Waals surface area contributed by atoms with Gasteiger partial charge < -0.3 is 5.73 Å². The minimum Gasteiger partial charge on any atom is -0.318 e. The van der Waals surface area contributed by atoms with Gasteiger partial charge >= 0.3 is 0 Å². The van der Waals surface area contributed by atoms with Crippen LogP contribution in [-0.4, -0.2) is 4.98 Å². The normalized spacial score (nSPS) is 12.8. The van der Waals surface area contributed by atoms with Crippen LogP contribution in [0.1, 0.15) is 32.7 Å². The van der Waals surface area contributed by atoms with E-state index in [1.165, 1.54) is 17.0 Å². The summed E-state index contributed by atoms with van der Waals surface area (Å²) < 4.78 is 13.0. The average Bonchev–Trinajstić information content (AvgIpc) is 2.58. The van der Waals surface area contributed by atoms with Crippen molar-refractivity contribution in [3.05, 3.63) is 50.7 Å². The maximum atomic E-state index is 13.0. The molecule has 2 aromatic rings. The Balaban J connectivity index is 2.39. The van der Waals surface area contributed by atoms with Gasteiger partial charge in [0, 0.05) is 4.88 Å². The molecule has 1 atom stereocenters. The van der Waals surface area contributed by atoms with E-state index in [9.17, 15) is 4.39 Å². The summed E-state index contributed by atoms with van der Waals surface area (Å²) in [5, 5.41) is 0.884. The number of thiazole rings is 1. The number of benzene rings is 1. The summed E-state index contributed by atoms with van der Waals surface area (Å²) in [5.41, 5.74) is 8.98. The van der Waals surface area contributed by atoms with E-state index in [4.69, 9.17) is 5.73 Å². The van der Waals surface area contributed by atoms with Gasteiger partial charge in [-0.3, -0.25) is 0 Å². The highest BCUT2D eigenvalue weighted by Gasteiger charge is 2.16. The van der Waals surface area contributed by atoms with Gasteiger partial charge in [0.1, 0.15) is 10.8 Å². The molecule has 2 rings (SSSR count). The van der Waals surface area contributed by atoms with Crippen LogP contribution in [-0.2, 0) is 0 Å². The molecule has 4 heteroatoms. The molecule has 0 fully saturated rings. The van der Waals surface area contributed by atoms with Gasteiger partial charge in [0.05, 0.1) is 11.7 Å². The van der Waals surface area contributed by atoms with Crippen LogP contribution in [0.5, 0.6) is 0 Å². The molecule has 1 aromatic heterocycles. The summed E-state index contributed by atoms with van der Waals surface area (Å²) in [6.07, 6.45) is 0. The van der Waals surface area contributed by atoms with E-state index in [0.29, 0.717) is 0 Å². The molecule has 0 radical (unpaired) electrons. The maximum absolute atomic E-state index is 13.0. The number of aromatic nitrogens is 1. The second-order valence-corrected chi connectivity index (χ2v) is 5.41. The van der Waals surface area contributed by atoms with Crippen molar-refractivity contribution in [1.29, 1.82) is 0 Å². The monoisotopic (exact) mass is 250 g/mol. The molecule has 2 N–H and O–H groups in total. The Morgan fingerprint density at radius 3 is 2.53 bits per heavy atom. The smallest absolute Gasteiger partial charge is 0.123 e. The van der Waals surface area contributed by atoms with E-state index in [0.717, 1.165) is 21.8 Å². The molecular formula is C13H15FN2S. The van der Waals surface area contributed by atoms with Crippen molar-refractivity contribution < 1.29 is 4.39 Å². The van der Waals surface area contributed by atoms with Crippen LogP contribution in [0.25, 0.3) is 0 Å². The Morgan fingerprint density at radius 2 is 2.00 bits per heavy atom. The summed E-state index contributed by atoms with van der Waals surface area (Å²) in [6.45, 7) is 5.87. The van der Waals surface area contributed by atoms with E-state index in [1.807, 2.05) is 20.8 Å². The SMILES string of the molecule is Cc1cc(F)ccc1C(N)c1nc(C)c(C)s1. The van der Waals surface area contributed by atoms with Gasteiger partial charge in [0.2, 0.25) is 0 Å². The lowest BCUT2D eigenvalue weighted by Gasteiger charge is -2.12.